The van der Waals surface area contributed by atoms with Crippen molar-refractivity contribution in [1.29, 1.82) is 0 Å². The van der Waals surface area contributed by atoms with Gasteiger partial charge in [-0.25, -0.2) is 0 Å². The first-order chi connectivity index (χ1) is 7.42. The standard InChI is InChI=1S/C12H15NO2/c1-2-5-10-8-14-9-15-12(10)11-6-3-4-7-13-11/h2-4,6-7,10,12H,1,5,8-9H2. The van der Waals surface area contributed by atoms with Crippen LogP contribution in [-0.4, -0.2) is 18.4 Å². The second-order valence-electron chi connectivity index (χ2n) is 3.61. The fourth-order valence-electron chi connectivity index (χ4n) is 1.82. The summed E-state index contributed by atoms with van der Waals surface area (Å²) in [6.07, 6.45) is 4.62. The molecule has 0 amide bonds. The molecule has 3 heteroatoms. The van der Waals surface area contributed by atoms with Crippen LogP contribution in [0.25, 0.3) is 0 Å². The summed E-state index contributed by atoms with van der Waals surface area (Å²) in [6.45, 7) is 4.82. The third kappa shape index (κ3) is 2.43. The molecule has 1 fully saturated rings. The molecule has 2 heterocycles. The van der Waals surface area contributed by atoms with E-state index in [1.165, 1.54) is 0 Å². The van der Waals surface area contributed by atoms with Crippen LogP contribution in [0.15, 0.2) is 37.1 Å². The van der Waals surface area contributed by atoms with Crippen LogP contribution in [0, 0.1) is 5.92 Å². The number of hydrogen-bond acceptors (Lipinski definition) is 3. The molecule has 1 saturated heterocycles. The van der Waals surface area contributed by atoms with Gasteiger partial charge in [-0.15, -0.1) is 6.58 Å². The van der Waals surface area contributed by atoms with Gasteiger partial charge in [-0.3, -0.25) is 4.98 Å². The second-order valence-corrected chi connectivity index (χ2v) is 3.61. The molecule has 1 aromatic rings. The molecule has 0 N–H and O–H groups in total. The summed E-state index contributed by atoms with van der Waals surface area (Å²) in [5, 5.41) is 0. The Morgan fingerprint density at radius 1 is 1.53 bits per heavy atom. The molecule has 1 aliphatic rings. The Morgan fingerprint density at radius 3 is 3.20 bits per heavy atom. The molecule has 1 aromatic heterocycles. The first-order valence-corrected chi connectivity index (χ1v) is 5.13. The van der Waals surface area contributed by atoms with E-state index in [0.29, 0.717) is 19.3 Å². The normalized spacial score (nSPS) is 26.1. The zero-order chi connectivity index (χ0) is 10.5. The Bertz CT molecular complexity index is 313. The monoisotopic (exact) mass is 205 g/mol. The summed E-state index contributed by atoms with van der Waals surface area (Å²) >= 11 is 0. The number of hydrogen-bond donors (Lipinski definition) is 0. The Hall–Kier alpha value is -1.19. The summed E-state index contributed by atoms with van der Waals surface area (Å²) in [6, 6.07) is 5.88. The van der Waals surface area contributed by atoms with Crippen LogP contribution in [-0.2, 0) is 9.47 Å². The van der Waals surface area contributed by atoms with E-state index in [1.807, 2.05) is 24.3 Å². The van der Waals surface area contributed by atoms with Gasteiger partial charge in [-0.05, 0) is 18.6 Å². The Balaban J connectivity index is 2.14. The molecular weight excluding hydrogens is 190 g/mol. The van der Waals surface area contributed by atoms with Crippen molar-refractivity contribution in [3.8, 4) is 0 Å². The molecule has 0 spiro atoms. The minimum atomic E-state index is 0.0398. The molecule has 0 radical (unpaired) electrons. The fraction of sp³-hybridized carbons (Fsp3) is 0.417. The second kappa shape index (κ2) is 5.05. The number of rotatable bonds is 3. The number of ether oxygens (including phenoxy) is 2. The zero-order valence-corrected chi connectivity index (χ0v) is 8.63. The number of nitrogens with zero attached hydrogens (tertiary/aromatic N) is 1. The zero-order valence-electron chi connectivity index (χ0n) is 8.63. The SMILES string of the molecule is C=CCC1COCOC1c1ccccn1. The Morgan fingerprint density at radius 2 is 2.47 bits per heavy atom. The van der Waals surface area contributed by atoms with Crippen molar-refractivity contribution in [3.05, 3.63) is 42.7 Å². The van der Waals surface area contributed by atoms with Crippen LogP contribution in [0.3, 0.4) is 0 Å². The van der Waals surface area contributed by atoms with E-state index in [1.54, 1.807) is 6.20 Å². The first-order valence-electron chi connectivity index (χ1n) is 5.13. The molecule has 2 rings (SSSR count). The van der Waals surface area contributed by atoms with E-state index in [2.05, 4.69) is 11.6 Å². The lowest BCUT2D eigenvalue weighted by Gasteiger charge is -2.30. The van der Waals surface area contributed by atoms with Crippen molar-refractivity contribution in [2.75, 3.05) is 13.4 Å². The van der Waals surface area contributed by atoms with Crippen LogP contribution in [0.1, 0.15) is 18.2 Å². The van der Waals surface area contributed by atoms with E-state index in [0.717, 1.165) is 12.1 Å². The third-order valence-electron chi connectivity index (χ3n) is 2.54. The fourth-order valence-corrected chi connectivity index (χ4v) is 1.82. The van der Waals surface area contributed by atoms with Gasteiger partial charge in [0.2, 0.25) is 0 Å². The maximum absolute atomic E-state index is 5.60. The van der Waals surface area contributed by atoms with Crippen LogP contribution < -0.4 is 0 Å². The maximum atomic E-state index is 5.60. The van der Waals surface area contributed by atoms with Gasteiger partial charge in [0.25, 0.3) is 0 Å². The lowest BCUT2D eigenvalue weighted by molar-refractivity contribution is -0.173. The minimum absolute atomic E-state index is 0.0398. The minimum Gasteiger partial charge on any atom is -0.355 e. The molecule has 1 aliphatic heterocycles. The van der Waals surface area contributed by atoms with E-state index in [9.17, 15) is 0 Å². The highest BCUT2D eigenvalue weighted by atomic mass is 16.7. The Kier molecular flexibility index (Phi) is 3.48. The quantitative estimate of drug-likeness (QED) is 0.710. The molecular formula is C12H15NO2. The summed E-state index contributed by atoms with van der Waals surface area (Å²) < 4.78 is 10.9. The molecule has 3 nitrogen and oxygen atoms in total. The predicted octanol–water partition coefficient (Wildman–Crippen LogP) is 2.32. The molecule has 2 unspecified atom stereocenters. The maximum Gasteiger partial charge on any atom is 0.147 e. The molecule has 0 saturated carbocycles. The summed E-state index contributed by atoms with van der Waals surface area (Å²) in [7, 11) is 0. The molecule has 0 aromatic carbocycles. The van der Waals surface area contributed by atoms with Gasteiger partial charge < -0.3 is 9.47 Å². The van der Waals surface area contributed by atoms with Gasteiger partial charge in [0.15, 0.2) is 0 Å². The Labute approximate surface area is 89.7 Å². The number of pyridine rings is 1. The van der Waals surface area contributed by atoms with Crippen molar-refractivity contribution in [1.82, 2.24) is 4.98 Å². The molecule has 80 valence electrons. The highest BCUT2D eigenvalue weighted by Gasteiger charge is 2.27. The molecule has 0 aliphatic carbocycles. The van der Waals surface area contributed by atoms with E-state index >= 15 is 0 Å². The van der Waals surface area contributed by atoms with Gasteiger partial charge in [0.1, 0.15) is 12.9 Å². The predicted molar refractivity (Wildman–Crippen MR) is 57.2 cm³/mol. The van der Waals surface area contributed by atoms with E-state index in [4.69, 9.17) is 9.47 Å². The molecule has 0 bridgehead atoms. The largest absolute Gasteiger partial charge is 0.355 e. The van der Waals surface area contributed by atoms with Gasteiger partial charge in [-0.1, -0.05) is 12.1 Å². The highest BCUT2D eigenvalue weighted by Crippen LogP contribution is 2.30. The van der Waals surface area contributed by atoms with Gasteiger partial charge in [0.05, 0.1) is 12.3 Å². The van der Waals surface area contributed by atoms with Crippen molar-refractivity contribution in [3.63, 3.8) is 0 Å². The summed E-state index contributed by atoms with van der Waals surface area (Å²) in [4.78, 5) is 4.32. The van der Waals surface area contributed by atoms with Crippen LogP contribution in [0.2, 0.25) is 0 Å². The van der Waals surface area contributed by atoms with Crippen molar-refractivity contribution >= 4 is 0 Å². The van der Waals surface area contributed by atoms with Crippen LogP contribution in [0.4, 0.5) is 0 Å². The van der Waals surface area contributed by atoms with Gasteiger partial charge in [-0.2, -0.15) is 0 Å². The van der Waals surface area contributed by atoms with Crippen molar-refractivity contribution in [2.24, 2.45) is 5.92 Å². The van der Waals surface area contributed by atoms with E-state index in [-0.39, 0.29) is 6.10 Å². The van der Waals surface area contributed by atoms with Crippen molar-refractivity contribution in [2.45, 2.75) is 12.5 Å². The highest BCUT2D eigenvalue weighted by molar-refractivity contribution is 5.09. The average Bonchev–Trinajstić information content (AvgIpc) is 2.31. The number of aromatic nitrogens is 1. The third-order valence-corrected chi connectivity index (χ3v) is 2.54. The van der Waals surface area contributed by atoms with Crippen LogP contribution in [0.5, 0.6) is 0 Å². The summed E-state index contributed by atoms with van der Waals surface area (Å²) in [5.74, 6) is 0.325. The topological polar surface area (TPSA) is 31.4 Å². The van der Waals surface area contributed by atoms with Crippen molar-refractivity contribution < 1.29 is 9.47 Å². The average molecular weight is 205 g/mol. The lowest BCUT2D eigenvalue weighted by Crippen LogP contribution is -2.28. The van der Waals surface area contributed by atoms with Gasteiger partial charge >= 0.3 is 0 Å². The smallest absolute Gasteiger partial charge is 0.147 e. The van der Waals surface area contributed by atoms with E-state index < -0.39 is 0 Å². The first kappa shape index (κ1) is 10.3. The molecule has 2 atom stereocenters. The molecule has 15 heavy (non-hydrogen) atoms. The van der Waals surface area contributed by atoms with Crippen LogP contribution >= 0.6 is 0 Å². The summed E-state index contributed by atoms with van der Waals surface area (Å²) in [5.41, 5.74) is 0.979. The lowest BCUT2D eigenvalue weighted by atomic mass is 9.96. The van der Waals surface area contributed by atoms with Gasteiger partial charge in [0, 0.05) is 12.1 Å². The number of allylic oxidation sites excluding steroid dienone is 1.